The van der Waals surface area contributed by atoms with Crippen molar-refractivity contribution in [2.75, 3.05) is 33.2 Å². The summed E-state index contributed by atoms with van der Waals surface area (Å²) < 4.78 is 0. The molecule has 1 fully saturated rings. The monoisotopic (exact) mass is 270 g/mol. The van der Waals surface area contributed by atoms with Crippen LogP contribution in [0, 0.1) is 0 Å². The average Bonchev–Trinajstić information content (AvgIpc) is 2.38. The van der Waals surface area contributed by atoms with Crippen LogP contribution in [-0.4, -0.2) is 66.6 Å². The second-order valence-electron chi connectivity index (χ2n) is 5.97. The third kappa shape index (κ3) is 3.91. The predicted molar refractivity (Wildman–Crippen MR) is 79.0 cm³/mol. The van der Waals surface area contributed by atoms with Gasteiger partial charge in [0.2, 0.25) is 5.91 Å². The number of nitrogens with one attached hydrogen (secondary N) is 1. The molecule has 1 rings (SSSR count). The molecule has 1 amide bonds. The highest BCUT2D eigenvalue weighted by Crippen LogP contribution is 2.19. The number of nitrogens with zero attached hydrogens (tertiary/aromatic N) is 2. The summed E-state index contributed by atoms with van der Waals surface area (Å²) in [6.45, 7) is 12.9. The fraction of sp³-hybridized carbons (Fsp3) is 0.929. The molecular weight excluding hydrogens is 240 g/mol. The number of carbonyl (C=O) groups excluding carboxylic acids is 1. The molecule has 0 aromatic carbocycles. The number of piperazine rings is 1. The van der Waals surface area contributed by atoms with Crippen molar-refractivity contribution in [3.05, 3.63) is 0 Å². The maximum Gasteiger partial charge on any atom is 0.237 e. The first-order chi connectivity index (χ1) is 8.84. The Balaban J connectivity index is 2.59. The Hall–Kier alpha value is -0.650. The maximum absolute atomic E-state index is 11.6. The van der Waals surface area contributed by atoms with Crippen molar-refractivity contribution >= 4 is 5.91 Å². The average molecular weight is 270 g/mol. The summed E-state index contributed by atoms with van der Waals surface area (Å²) in [4.78, 5) is 16.5. The molecule has 0 radical (unpaired) electrons. The first-order valence-electron chi connectivity index (χ1n) is 7.31. The van der Waals surface area contributed by atoms with Gasteiger partial charge in [-0.05, 0) is 40.8 Å². The molecule has 0 saturated carbocycles. The molecule has 0 aliphatic carbocycles. The van der Waals surface area contributed by atoms with E-state index < -0.39 is 5.54 Å². The van der Waals surface area contributed by atoms with Gasteiger partial charge in [-0.1, -0.05) is 6.92 Å². The van der Waals surface area contributed by atoms with E-state index in [1.165, 1.54) is 0 Å². The first kappa shape index (κ1) is 16.4. The van der Waals surface area contributed by atoms with E-state index in [0.29, 0.717) is 12.1 Å². The van der Waals surface area contributed by atoms with E-state index >= 15 is 0 Å². The number of carbonyl (C=O) groups is 1. The van der Waals surface area contributed by atoms with Gasteiger partial charge in [-0.15, -0.1) is 0 Å². The van der Waals surface area contributed by atoms with Crippen LogP contribution in [0.15, 0.2) is 0 Å². The van der Waals surface area contributed by atoms with Gasteiger partial charge >= 0.3 is 0 Å². The predicted octanol–water partition coefficient (Wildman–Crippen LogP) is 0.254. The van der Waals surface area contributed by atoms with Crippen LogP contribution in [-0.2, 0) is 4.79 Å². The second kappa shape index (κ2) is 6.68. The molecule has 5 heteroatoms. The molecule has 0 bridgehead atoms. The van der Waals surface area contributed by atoms with Crippen molar-refractivity contribution < 1.29 is 4.79 Å². The molecule has 3 atom stereocenters. The maximum atomic E-state index is 11.6. The molecule has 1 heterocycles. The van der Waals surface area contributed by atoms with Gasteiger partial charge in [-0.3, -0.25) is 14.6 Å². The highest BCUT2D eigenvalue weighted by Gasteiger charge is 2.34. The molecule has 0 spiro atoms. The van der Waals surface area contributed by atoms with Crippen LogP contribution in [0.25, 0.3) is 0 Å². The topological polar surface area (TPSA) is 61.6 Å². The van der Waals surface area contributed by atoms with Gasteiger partial charge in [0.05, 0.1) is 5.54 Å². The fourth-order valence-electron chi connectivity index (χ4n) is 2.94. The number of rotatable bonds is 6. The minimum Gasteiger partial charge on any atom is -0.368 e. The van der Waals surface area contributed by atoms with Crippen molar-refractivity contribution in [2.24, 2.45) is 5.73 Å². The second-order valence-corrected chi connectivity index (χ2v) is 5.97. The lowest BCUT2D eigenvalue weighted by Crippen LogP contribution is -2.58. The lowest BCUT2D eigenvalue weighted by atomic mass is 9.91. The van der Waals surface area contributed by atoms with E-state index in [1.54, 1.807) is 7.05 Å². The van der Waals surface area contributed by atoms with Gasteiger partial charge in [0.15, 0.2) is 0 Å². The van der Waals surface area contributed by atoms with Crippen molar-refractivity contribution in [3.8, 4) is 0 Å². The Bertz CT molecular complexity index is 310. The fourth-order valence-corrected chi connectivity index (χ4v) is 2.94. The van der Waals surface area contributed by atoms with Gasteiger partial charge in [0, 0.05) is 31.7 Å². The van der Waals surface area contributed by atoms with Crippen LogP contribution in [0.5, 0.6) is 0 Å². The molecule has 1 aliphatic rings. The molecule has 19 heavy (non-hydrogen) atoms. The summed E-state index contributed by atoms with van der Waals surface area (Å²) in [5.41, 5.74) is 4.88. The van der Waals surface area contributed by atoms with Crippen LogP contribution < -0.4 is 11.1 Å². The number of amides is 1. The van der Waals surface area contributed by atoms with E-state index in [1.807, 2.05) is 6.92 Å². The van der Waals surface area contributed by atoms with Crippen LogP contribution in [0.1, 0.15) is 34.1 Å². The Labute approximate surface area is 117 Å². The Morgan fingerprint density at radius 2 is 2.16 bits per heavy atom. The highest BCUT2D eigenvalue weighted by atomic mass is 16.1. The minimum absolute atomic E-state index is 0.276. The lowest BCUT2D eigenvalue weighted by Gasteiger charge is -2.43. The number of hydrogen-bond donors (Lipinski definition) is 2. The lowest BCUT2D eigenvalue weighted by molar-refractivity contribution is -0.124. The number of likely N-dealkylation sites (N-methyl/N-ethyl adjacent to an activating group) is 2. The van der Waals surface area contributed by atoms with Gasteiger partial charge in [-0.2, -0.15) is 0 Å². The molecule has 3 unspecified atom stereocenters. The Morgan fingerprint density at radius 1 is 1.53 bits per heavy atom. The standard InChI is InChI=1S/C14H30N4O/c1-6-17-7-8-18(10-12(17)3)11(2)9-14(4,16-5)13(15)19/h11-12,16H,6-10H2,1-5H3,(H2,15,19). The molecule has 0 aromatic heterocycles. The summed E-state index contributed by atoms with van der Waals surface area (Å²) in [7, 11) is 1.80. The zero-order valence-electron chi connectivity index (χ0n) is 13.1. The Kier molecular flexibility index (Phi) is 5.77. The molecule has 3 N–H and O–H groups in total. The van der Waals surface area contributed by atoms with Crippen LogP contribution in [0.3, 0.4) is 0 Å². The summed E-state index contributed by atoms with van der Waals surface area (Å²) in [5, 5.41) is 3.07. The zero-order valence-corrected chi connectivity index (χ0v) is 13.1. The number of hydrogen-bond acceptors (Lipinski definition) is 4. The van der Waals surface area contributed by atoms with Gasteiger partial charge < -0.3 is 11.1 Å². The van der Waals surface area contributed by atoms with Crippen LogP contribution in [0.4, 0.5) is 0 Å². The summed E-state index contributed by atoms with van der Waals surface area (Å²) in [6, 6.07) is 0.932. The van der Waals surface area contributed by atoms with Gasteiger partial charge in [0.1, 0.15) is 0 Å². The summed E-state index contributed by atoms with van der Waals surface area (Å²) in [5.74, 6) is -0.276. The minimum atomic E-state index is -0.620. The van der Waals surface area contributed by atoms with E-state index in [0.717, 1.165) is 32.6 Å². The van der Waals surface area contributed by atoms with Gasteiger partial charge in [0.25, 0.3) is 0 Å². The molecule has 1 aliphatic heterocycles. The number of primary amides is 1. The third-order valence-corrected chi connectivity index (χ3v) is 4.63. The normalized spacial score (nSPS) is 26.9. The van der Waals surface area contributed by atoms with Crippen molar-refractivity contribution in [3.63, 3.8) is 0 Å². The van der Waals surface area contributed by atoms with E-state index in [9.17, 15) is 4.79 Å². The van der Waals surface area contributed by atoms with E-state index in [4.69, 9.17) is 5.73 Å². The van der Waals surface area contributed by atoms with Gasteiger partial charge in [-0.25, -0.2) is 0 Å². The summed E-state index contributed by atoms with van der Waals surface area (Å²) >= 11 is 0. The molecule has 112 valence electrons. The summed E-state index contributed by atoms with van der Waals surface area (Å²) in [6.07, 6.45) is 0.748. The SMILES string of the molecule is CCN1CCN(C(C)CC(C)(NC)C(N)=O)CC1C. The van der Waals surface area contributed by atoms with Crippen LogP contribution in [0.2, 0.25) is 0 Å². The van der Waals surface area contributed by atoms with Crippen molar-refractivity contribution in [2.45, 2.75) is 51.7 Å². The first-order valence-corrected chi connectivity index (χ1v) is 7.31. The quantitative estimate of drug-likeness (QED) is 0.726. The molecule has 0 aromatic rings. The molecular formula is C14H30N4O. The zero-order chi connectivity index (χ0) is 14.6. The Morgan fingerprint density at radius 3 is 2.58 bits per heavy atom. The highest BCUT2D eigenvalue weighted by molar-refractivity contribution is 5.84. The molecule has 1 saturated heterocycles. The third-order valence-electron chi connectivity index (χ3n) is 4.63. The molecule has 5 nitrogen and oxygen atoms in total. The van der Waals surface area contributed by atoms with Crippen molar-refractivity contribution in [1.29, 1.82) is 0 Å². The smallest absolute Gasteiger partial charge is 0.237 e. The number of nitrogens with two attached hydrogens (primary N) is 1. The van der Waals surface area contributed by atoms with Crippen LogP contribution >= 0.6 is 0 Å². The van der Waals surface area contributed by atoms with Crippen molar-refractivity contribution in [1.82, 2.24) is 15.1 Å². The van der Waals surface area contributed by atoms with E-state index in [2.05, 4.69) is 35.9 Å². The largest absolute Gasteiger partial charge is 0.368 e. The van der Waals surface area contributed by atoms with E-state index in [-0.39, 0.29) is 5.91 Å².